The summed E-state index contributed by atoms with van der Waals surface area (Å²) in [6, 6.07) is 3.51. The van der Waals surface area contributed by atoms with Crippen LogP contribution in [0.3, 0.4) is 0 Å². The van der Waals surface area contributed by atoms with E-state index >= 15 is 0 Å². The van der Waals surface area contributed by atoms with Crippen molar-refractivity contribution >= 4 is 17.5 Å². The molecule has 0 radical (unpaired) electrons. The Morgan fingerprint density at radius 1 is 1.20 bits per heavy atom. The van der Waals surface area contributed by atoms with Gasteiger partial charge in [-0.1, -0.05) is 6.92 Å². The summed E-state index contributed by atoms with van der Waals surface area (Å²) in [6.45, 7) is 4.31. The molecule has 3 rings (SSSR count). The number of hydrogen-bond acceptors (Lipinski definition) is 6. The smallest absolute Gasteiger partial charge is 0.272 e. The Bertz CT molecular complexity index is 786. The van der Waals surface area contributed by atoms with E-state index in [1.807, 2.05) is 11.8 Å². The van der Waals surface area contributed by atoms with Gasteiger partial charge in [0, 0.05) is 44.3 Å². The molecule has 0 atom stereocenters. The van der Waals surface area contributed by atoms with E-state index in [1.165, 1.54) is 12.5 Å². The Balaban J connectivity index is 1.70. The molecule has 1 aliphatic heterocycles. The van der Waals surface area contributed by atoms with E-state index in [0.29, 0.717) is 37.4 Å². The summed E-state index contributed by atoms with van der Waals surface area (Å²) in [6.07, 6.45) is 5.29. The number of nitrogens with two attached hydrogens (primary N) is 1. The molecule has 0 bridgehead atoms. The van der Waals surface area contributed by atoms with Gasteiger partial charge in [-0.15, -0.1) is 0 Å². The van der Waals surface area contributed by atoms with Crippen LogP contribution < -0.4 is 10.6 Å². The van der Waals surface area contributed by atoms with E-state index < -0.39 is 5.91 Å². The van der Waals surface area contributed by atoms with Crippen LogP contribution in [0.2, 0.25) is 0 Å². The Labute approximate surface area is 145 Å². The fourth-order valence-corrected chi connectivity index (χ4v) is 2.87. The molecule has 0 spiro atoms. The topological polar surface area (TPSA) is 105 Å². The second kappa shape index (κ2) is 7.25. The van der Waals surface area contributed by atoms with Crippen LogP contribution in [0.1, 0.15) is 33.5 Å². The number of carbonyl (C=O) groups is 2. The third-order valence-electron chi connectivity index (χ3n) is 4.28. The van der Waals surface area contributed by atoms with E-state index in [-0.39, 0.29) is 5.91 Å². The fourth-order valence-electron chi connectivity index (χ4n) is 2.87. The lowest BCUT2D eigenvalue weighted by Gasteiger charge is -2.36. The van der Waals surface area contributed by atoms with Crippen molar-refractivity contribution in [2.75, 3.05) is 31.1 Å². The van der Waals surface area contributed by atoms with Crippen LogP contribution in [-0.2, 0) is 6.42 Å². The summed E-state index contributed by atoms with van der Waals surface area (Å²) in [5, 5.41) is 0. The molecule has 2 aromatic rings. The number of aryl methyl sites for hydroxylation is 1. The fraction of sp³-hybridized carbons (Fsp3) is 0.353. The molecular formula is C17H20N6O2. The number of pyridine rings is 1. The highest BCUT2D eigenvalue weighted by molar-refractivity contribution is 5.98. The van der Waals surface area contributed by atoms with Crippen molar-refractivity contribution < 1.29 is 9.59 Å². The molecule has 2 aromatic heterocycles. The molecule has 3 heterocycles. The lowest BCUT2D eigenvalue weighted by Crippen LogP contribution is -2.49. The standard InChI is InChI=1S/C17H20N6O2/c1-2-12-9-14(21-11-20-12)17(25)23-7-5-22(6-8-23)15-3-4-19-10-13(15)16(18)24/h3-4,9-11H,2,5-8H2,1H3,(H2,18,24). The van der Waals surface area contributed by atoms with Gasteiger partial charge in [-0.05, 0) is 18.6 Å². The van der Waals surface area contributed by atoms with Crippen molar-refractivity contribution in [3.05, 3.63) is 47.8 Å². The molecule has 2 amide bonds. The zero-order chi connectivity index (χ0) is 17.8. The van der Waals surface area contributed by atoms with Gasteiger partial charge in [-0.3, -0.25) is 14.6 Å². The van der Waals surface area contributed by atoms with Gasteiger partial charge in [-0.2, -0.15) is 0 Å². The van der Waals surface area contributed by atoms with Crippen molar-refractivity contribution in [3.63, 3.8) is 0 Å². The van der Waals surface area contributed by atoms with Gasteiger partial charge in [0.25, 0.3) is 11.8 Å². The highest BCUT2D eigenvalue weighted by Crippen LogP contribution is 2.21. The molecule has 2 N–H and O–H groups in total. The van der Waals surface area contributed by atoms with Gasteiger partial charge in [0.2, 0.25) is 0 Å². The number of anilines is 1. The highest BCUT2D eigenvalue weighted by Gasteiger charge is 2.25. The van der Waals surface area contributed by atoms with E-state index in [0.717, 1.165) is 17.8 Å². The molecule has 0 aromatic carbocycles. The second-order valence-corrected chi connectivity index (χ2v) is 5.78. The highest BCUT2D eigenvalue weighted by atomic mass is 16.2. The summed E-state index contributed by atoms with van der Waals surface area (Å²) < 4.78 is 0. The van der Waals surface area contributed by atoms with Gasteiger partial charge in [0.15, 0.2) is 0 Å². The lowest BCUT2D eigenvalue weighted by atomic mass is 10.1. The van der Waals surface area contributed by atoms with Crippen molar-refractivity contribution in [2.45, 2.75) is 13.3 Å². The average molecular weight is 340 g/mol. The quantitative estimate of drug-likeness (QED) is 0.869. The Hall–Kier alpha value is -3.03. The van der Waals surface area contributed by atoms with Gasteiger partial charge >= 0.3 is 0 Å². The van der Waals surface area contributed by atoms with Crippen LogP contribution in [0.25, 0.3) is 0 Å². The zero-order valence-corrected chi connectivity index (χ0v) is 14.1. The Morgan fingerprint density at radius 3 is 2.64 bits per heavy atom. The summed E-state index contributed by atoms with van der Waals surface area (Å²) in [5.74, 6) is -0.601. The maximum atomic E-state index is 12.6. The number of amides is 2. The number of carbonyl (C=O) groups excluding carboxylic acids is 2. The van der Waals surface area contributed by atoms with Crippen LogP contribution in [-0.4, -0.2) is 57.8 Å². The monoisotopic (exact) mass is 340 g/mol. The van der Waals surface area contributed by atoms with Crippen molar-refractivity contribution in [3.8, 4) is 0 Å². The van der Waals surface area contributed by atoms with Gasteiger partial charge in [0.1, 0.15) is 12.0 Å². The minimum absolute atomic E-state index is 0.0957. The van der Waals surface area contributed by atoms with Crippen molar-refractivity contribution in [1.29, 1.82) is 0 Å². The molecule has 0 unspecified atom stereocenters. The summed E-state index contributed by atoms with van der Waals surface area (Å²) >= 11 is 0. The van der Waals surface area contributed by atoms with Crippen LogP contribution >= 0.6 is 0 Å². The van der Waals surface area contributed by atoms with E-state index in [1.54, 1.807) is 23.2 Å². The summed E-state index contributed by atoms with van der Waals surface area (Å²) in [5.41, 5.74) is 7.83. The molecular weight excluding hydrogens is 320 g/mol. The first-order chi connectivity index (χ1) is 12.1. The Morgan fingerprint density at radius 2 is 1.96 bits per heavy atom. The zero-order valence-electron chi connectivity index (χ0n) is 14.1. The van der Waals surface area contributed by atoms with Crippen LogP contribution in [0.4, 0.5) is 5.69 Å². The molecule has 1 fully saturated rings. The van der Waals surface area contributed by atoms with Crippen LogP contribution in [0.15, 0.2) is 30.9 Å². The predicted octanol–water partition coefficient (Wildman–Crippen LogP) is 0.495. The first kappa shape index (κ1) is 16.8. The SMILES string of the molecule is CCc1cc(C(=O)N2CCN(c3ccncc3C(N)=O)CC2)ncn1. The van der Waals surface area contributed by atoms with Gasteiger partial charge in [-0.25, -0.2) is 9.97 Å². The van der Waals surface area contributed by atoms with Crippen molar-refractivity contribution in [1.82, 2.24) is 19.9 Å². The number of primary amides is 1. The number of nitrogens with zero attached hydrogens (tertiary/aromatic N) is 5. The number of aromatic nitrogens is 3. The first-order valence-electron chi connectivity index (χ1n) is 8.19. The third kappa shape index (κ3) is 3.57. The number of rotatable bonds is 4. The van der Waals surface area contributed by atoms with Gasteiger partial charge < -0.3 is 15.5 Å². The minimum Gasteiger partial charge on any atom is -0.367 e. The molecule has 1 aliphatic rings. The molecule has 0 aliphatic carbocycles. The van der Waals surface area contributed by atoms with Crippen molar-refractivity contribution in [2.24, 2.45) is 5.73 Å². The normalized spacial score (nSPS) is 14.4. The van der Waals surface area contributed by atoms with Crippen LogP contribution in [0, 0.1) is 0 Å². The lowest BCUT2D eigenvalue weighted by molar-refractivity contribution is 0.0740. The third-order valence-corrected chi connectivity index (χ3v) is 4.28. The first-order valence-corrected chi connectivity index (χ1v) is 8.19. The molecule has 1 saturated heterocycles. The summed E-state index contributed by atoms with van der Waals surface area (Å²) in [4.78, 5) is 40.2. The largest absolute Gasteiger partial charge is 0.367 e. The molecule has 8 heteroatoms. The molecule has 8 nitrogen and oxygen atoms in total. The van der Waals surface area contributed by atoms with E-state index in [2.05, 4.69) is 15.0 Å². The average Bonchev–Trinajstić information content (AvgIpc) is 2.67. The van der Waals surface area contributed by atoms with E-state index in [4.69, 9.17) is 5.73 Å². The maximum absolute atomic E-state index is 12.6. The molecule has 0 saturated carbocycles. The number of piperazine rings is 1. The van der Waals surface area contributed by atoms with E-state index in [9.17, 15) is 9.59 Å². The Kier molecular flexibility index (Phi) is 4.87. The van der Waals surface area contributed by atoms with Crippen LogP contribution in [0.5, 0.6) is 0 Å². The number of hydrogen-bond donors (Lipinski definition) is 1. The molecule has 130 valence electrons. The molecule has 25 heavy (non-hydrogen) atoms. The maximum Gasteiger partial charge on any atom is 0.272 e. The second-order valence-electron chi connectivity index (χ2n) is 5.78. The predicted molar refractivity (Wildman–Crippen MR) is 92.3 cm³/mol. The minimum atomic E-state index is -0.505. The summed E-state index contributed by atoms with van der Waals surface area (Å²) in [7, 11) is 0. The van der Waals surface area contributed by atoms with Gasteiger partial charge in [0.05, 0.1) is 11.3 Å².